The zero-order valence-corrected chi connectivity index (χ0v) is 12.0. The van der Waals surface area contributed by atoms with E-state index in [9.17, 15) is 4.79 Å². The summed E-state index contributed by atoms with van der Waals surface area (Å²) in [4.78, 5) is 13.7. The van der Waals surface area contributed by atoms with Gasteiger partial charge in [0.25, 0.3) is 5.91 Å². The van der Waals surface area contributed by atoms with Crippen molar-refractivity contribution >= 4 is 33.4 Å². The van der Waals surface area contributed by atoms with Gasteiger partial charge in [-0.05, 0) is 31.5 Å². The Labute approximate surface area is 110 Å². The molecule has 0 aliphatic heterocycles. The van der Waals surface area contributed by atoms with Crippen LogP contribution in [0, 0.1) is 6.92 Å². The number of alkyl halides is 1. The first-order chi connectivity index (χ1) is 7.41. The van der Waals surface area contributed by atoms with E-state index in [-0.39, 0.29) is 11.3 Å². The van der Waals surface area contributed by atoms with E-state index < -0.39 is 0 Å². The van der Waals surface area contributed by atoms with Crippen molar-refractivity contribution in [3.63, 3.8) is 0 Å². The molecule has 0 N–H and O–H groups in total. The molecule has 2 nitrogen and oxygen atoms in total. The van der Waals surface area contributed by atoms with Crippen molar-refractivity contribution in [2.24, 2.45) is 0 Å². The minimum atomic E-state index is -0.0404. The first kappa shape index (κ1) is 13.5. The van der Waals surface area contributed by atoms with Gasteiger partial charge in [-0.15, -0.1) is 11.6 Å². The third kappa shape index (κ3) is 3.49. The molecule has 1 atom stereocenters. The second-order valence-corrected chi connectivity index (χ2v) is 5.59. The first-order valence-corrected chi connectivity index (χ1v) is 6.30. The van der Waals surface area contributed by atoms with Gasteiger partial charge in [0.2, 0.25) is 0 Å². The Morgan fingerprint density at radius 3 is 2.75 bits per heavy atom. The number of hydrogen-bond donors (Lipinski definition) is 0. The Morgan fingerprint density at radius 2 is 2.19 bits per heavy atom. The van der Waals surface area contributed by atoms with Crippen LogP contribution in [0.25, 0.3) is 0 Å². The molecule has 0 saturated heterocycles. The smallest absolute Gasteiger partial charge is 0.253 e. The van der Waals surface area contributed by atoms with Gasteiger partial charge >= 0.3 is 0 Å². The number of rotatable bonds is 3. The zero-order valence-electron chi connectivity index (χ0n) is 9.63. The topological polar surface area (TPSA) is 20.3 Å². The average Bonchev–Trinajstić information content (AvgIpc) is 2.19. The Bertz CT molecular complexity index is 393. The van der Waals surface area contributed by atoms with Gasteiger partial charge in [-0.2, -0.15) is 0 Å². The van der Waals surface area contributed by atoms with Gasteiger partial charge in [-0.25, -0.2) is 0 Å². The lowest BCUT2D eigenvalue weighted by molar-refractivity contribution is 0.0795. The quantitative estimate of drug-likeness (QED) is 0.783. The average molecular weight is 305 g/mol. The summed E-state index contributed by atoms with van der Waals surface area (Å²) in [5, 5.41) is -0.0404. The van der Waals surface area contributed by atoms with Gasteiger partial charge in [0, 0.05) is 29.0 Å². The second-order valence-electron chi connectivity index (χ2n) is 3.93. The van der Waals surface area contributed by atoms with Crippen LogP contribution in [0.5, 0.6) is 0 Å². The molecule has 1 unspecified atom stereocenters. The van der Waals surface area contributed by atoms with Crippen LogP contribution in [0.2, 0.25) is 0 Å². The van der Waals surface area contributed by atoms with Crippen LogP contribution in [-0.2, 0) is 0 Å². The molecule has 0 aliphatic carbocycles. The number of amides is 1. The first-order valence-electron chi connectivity index (χ1n) is 5.07. The van der Waals surface area contributed by atoms with E-state index in [1.165, 1.54) is 0 Å². The minimum Gasteiger partial charge on any atom is -0.340 e. The van der Waals surface area contributed by atoms with E-state index in [4.69, 9.17) is 11.6 Å². The lowest BCUT2D eigenvalue weighted by Crippen LogP contribution is -2.31. The maximum Gasteiger partial charge on any atom is 0.253 e. The molecule has 0 aliphatic rings. The van der Waals surface area contributed by atoms with Gasteiger partial charge in [0.1, 0.15) is 0 Å². The lowest BCUT2D eigenvalue weighted by atomic mass is 10.1. The number of hydrogen-bond acceptors (Lipinski definition) is 1. The Kier molecular flexibility index (Phi) is 4.81. The molecule has 1 aromatic rings. The summed E-state index contributed by atoms with van der Waals surface area (Å²) in [6, 6.07) is 5.69. The predicted octanol–water partition coefficient (Wildman–Crippen LogP) is 3.46. The molecule has 1 aromatic carbocycles. The van der Waals surface area contributed by atoms with E-state index in [0.29, 0.717) is 12.1 Å². The standard InChI is InChI=1S/C12H15BrClNO/c1-8-4-5-10(13)6-11(8)12(16)15(3)7-9(2)14/h4-6,9H,7H2,1-3H3. The number of aryl methyl sites for hydroxylation is 1. The van der Waals surface area contributed by atoms with Crippen molar-refractivity contribution < 1.29 is 4.79 Å². The molecule has 1 amide bonds. The molecule has 0 spiro atoms. The van der Waals surface area contributed by atoms with Crippen LogP contribution in [0.3, 0.4) is 0 Å². The number of benzene rings is 1. The molecular weight excluding hydrogens is 289 g/mol. The highest BCUT2D eigenvalue weighted by atomic mass is 79.9. The van der Waals surface area contributed by atoms with Gasteiger partial charge in [0.15, 0.2) is 0 Å². The monoisotopic (exact) mass is 303 g/mol. The molecule has 0 bridgehead atoms. The van der Waals surface area contributed by atoms with E-state index in [0.717, 1.165) is 10.0 Å². The maximum atomic E-state index is 12.1. The molecule has 0 saturated carbocycles. The fourth-order valence-corrected chi connectivity index (χ4v) is 2.06. The van der Waals surface area contributed by atoms with Crippen LogP contribution < -0.4 is 0 Å². The summed E-state index contributed by atoms with van der Waals surface area (Å²) < 4.78 is 0.911. The van der Waals surface area contributed by atoms with Crippen LogP contribution in [0.15, 0.2) is 22.7 Å². The van der Waals surface area contributed by atoms with Crippen LogP contribution >= 0.6 is 27.5 Å². The van der Waals surface area contributed by atoms with Crippen molar-refractivity contribution in [1.29, 1.82) is 0 Å². The SMILES string of the molecule is Cc1ccc(Br)cc1C(=O)N(C)CC(C)Cl. The summed E-state index contributed by atoms with van der Waals surface area (Å²) in [7, 11) is 1.77. The molecule has 88 valence electrons. The van der Waals surface area contributed by atoms with Crippen molar-refractivity contribution in [1.82, 2.24) is 4.90 Å². The fraction of sp³-hybridized carbons (Fsp3) is 0.417. The highest BCUT2D eigenvalue weighted by Gasteiger charge is 2.15. The van der Waals surface area contributed by atoms with Gasteiger partial charge in [-0.1, -0.05) is 22.0 Å². The lowest BCUT2D eigenvalue weighted by Gasteiger charge is -2.19. The van der Waals surface area contributed by atoms with Crippen LogP contribution in [0.1, 0.15) is 22.8 Å². The fourth-order valence-electron chi connectivity index (χ4n) is 1.49. The molecular formula is C12H15BrClNO. The maximum absolute atomic E-state index is 12.1. The number of carbonyl (C=O) groups excluding carboxylic acids is 1. The second kappa shape index (κ2) is 5.69. The number of halogens is 2. The van der Waals surface area contributed by atoms with E-state index in [1.807, 2.05) is 32.0 Å². The van der Waals surface area contributed by atoms with E-state index in [2.05, 4.69) is 15.9 Å². The van der Waals surface area contributed by atoms with E-state index >= 15 is 0 Å². The van der Waals surface area contributed by atoms with Crippen molar-refractivity contribution in [3.8, 4) is 0 Å². The summed E-state index contributed by atoms with van der Waals surface area (Å²) in [6.45, 7) is 4.35. The Hall–Kier alpha value is -0.540. The molecule has 0 radical (unpaired) electrons. The number of carbonyl (C=O) groups is 1. The van der Waals surface area contributed by atoms with Crippen molar-refractivity contribution in [2.75, 3.05) is 13.6 Å². The molecule has 4 heteroatoms. The number of nitrogens with zero attached hydrogens (tertiary/aromatic N) is 1. The normalized spacial score (nSPS) is 12.3. The third-order valence-electron chi connectivity index (χ3n) is 2.30. The highest BCUT2D eigenvalue weighted by Crippen LogP contribution is 2.17. The summed E-state index contributed by atoms with van der Waals surface area (Å²) >= 11 is 9.24. The van der Waals surface area contributed by atoms with Crippen LogP contribution in [0.4, 0.5) is 0 Å². The molecule has 0 heterocycles. The molecule has 0 fully saturated rings. The van der Waals surface area contributed by atoms with Gasteiger partial charge in [0.05, 0.1) is 0 Å². The Morgan fingerprint density at radius 1 is 1.56 bits per heavy atom. The summed E-state index contributed by atoms with van der Waals surface area (Å²) in [5.74, 6) is 0.00583. The Balaban J connectivity index is 2.91. The van der Waals surface area contributed by atoms with Crippen molar-refractivity contribution in [2.45, 2.75) is 19.2 Å². The minimum absolute atomic E-state index is 0.00583. The largest absolute Gasteiger partial charge is 0.340 e. The molecule has 0 aromatic heterocycles. The molecule has 1 rings (SSSR count). The van der Waals surface area contributed by atoms with Crippen molar-refractivity contribution in [3.05, 3.63) is 33.8 Å². The summed E-state index contributed by atoms with van der Waals surface area (Å²) in [6.07, 6.45) is 0. The van der Waals surface area contributed by atoms with Crippen LogP contribution in [-0.4, -0.2) is 29.8 Å². The predicted molar refractivity (Wildman–Crippen MR) is 71.2 cm³/mol. The molecule has 16 heavy (non-hydrogen) atoms. The summed E-state index contributed by atoms with van der Waals surface area (Å²) in [5.41, 5.74) is 1.69. The van der Waals surface area contributed by atoms with Gasteiger partial charge < -0.3 is 4.90 Å². The van der Waals surface area contributed by atoms with E-state index in [1.54, 1.807) is 11.9 Å². The van der Waals surface area contributed by atoms with Gasteiger partial charge in [-0.3, -0.25) is 4.79 Å². The highest BCUT2D eigenvalue weighted by molar-refractivity contribution is 9.10. The third-order valence-corrected chi connectivity index (χ3v) is 2.93. The zero-order chi connectivity index (χ0) is 12.3.